The topological polar surface area (TPSA) is 81.1 Å². The predicted octanol–water partition coefficient (Wildman–Crippen LogP) is 4.78. The Kier molecular flexibility index (Phi) is 6.20. The van der Waals surface area contributed by atoms with Crippen LogP contribution in [0.15, 0.2) is 70.1 Å². The fourth-order valence-corrected chi connectivity index (χ4v) is 3.69. The lowest BCUT2D eigenvalue weighted by Crippen LogP contribution is -2.25. The van der Waals surface area contributed by atoms with Crippen molar-refractivity contribution in [3.8, 4) is 0 Å². The number of rotatable bonds is 5. The highest BCUT2D eigenvalue weighted by Crippen LogP contribution is 2.17. The van der Waals surface area contributed by atoms with Crippen LogP contribution in [0.4, 0.5) is 10.1 Å². The molecule has 0 aliphatic carbocycles. The summed E-state index contributed by atoms with van der Waals surface area (Å²) in [6.45, 7) is 3.18. The molecule has 0 aliphatic heterocycles. The van der Waals surface area contributed by atoms with Gasteiger partial charge in [0.05, 0.1) is 10.9 Å². The van der Waals surface area contributed by atoms with E-state index in [0.29, 0.717) is 22.5 Å². The summed E-state index contributed by atoms with van der Waals surface area (Å²) in [5, 5.41) is 2.88. The van der Waals surface area contributed by atoms with Crippen LogP contribution in [0, 0.1) is 19.7 Å². The number of anilines is 1. The summed E-state index contributed by atoms with van der Waals surface area (Å²) in [6.07, 6.45) is 1.36. The smallest absolute Gasteiger partial charge is 0.244 e. The number of carbonyl (C=O) groups excluding carboxylic acids is 2. The summed E-state index contributed by atoms with van der Waals surface area (Å²) >= 11 is 3.33. The van der Waals surface area contributed by atoms with Crippen molar-refractivity contribution in [3.63, 3.8) is 0 Å². The van der Waals surface area contributed by atoms with Crippen molar-refractivity contribution in [2.24, 2.45) is 0 Å². The van der Waals surface area contributed by atoms with E-state index in [4.69, 9.17) is 0 Å². The molecule has 0 bridgehead atoms. The molecule has 0 atom stereocenters. The van der Waals surface area contributed by atoms with E-state index in [2.05, 4.69) is 26.2 Å². The van der Waals surface area contributed by atoms with Gasteiger partial charge in [-0.3, -0.25) is 14.4 Å². The second kappa shape index (κ2) is 9.07. The minimum atomic E-state index is -0.456. The molecule has 0 unspecified atom stereocenters. The number of pyridine rings is 2. The van der Waals surface area contributed by atoms with Crippen LogP contribution in [0.3, 0.4) is 0 Å². The zero-order chi connectivity index (χ0) is 23.7. The van der Waals surface area contributed by atoms with E-state index in [1.54, 1.807) is 62.4 Å². The van der Waals surface area contributed by atoms with Gasteiger partial charge in [0.15, 0.2) is 5.78 Å². The largest absolute Gasteiger partial charge is 0.324 e. The number of ketones is 1. The minimum absolute atomic E-state index is 0.0651. The summed E-state index contributed by atoms with van der Waals surface area (Å²) in [6, 6.07) is 14.3. The summed E-state index contributed by atoms with van der Waals surface area (Å²) in [7, 11) is 0. The Morgan fingerprint density at radius 3 is 2.48 bits per heavy atom. The van der Waals surface area contributed by atoms with Crippen molar-refractivity contribution >= 4 is 44.3 Å². The molecule has 0 saturated heterocycles. The van der Waals surface area contributed by atoms with Crippen LogP contribution in [0.1, 0.15) is 27.2 Å². The van der Waals surface area contributed by atoms with Crippen molar-refractivity contribution in [2.45, 2.75) is 20.4 Å². The Balaban J connectivity index is 1.75. The molecule has 2 aromatic carbocycles. The van der Waals surface area contributed by atoms with Crippen LogP contribution in [-0.4, -0.2) is 21.2 Å². The molecule has 0 aliphatic rings. The van der Waals surface area contributed by atoms with E-state index < -0.39 is 22.9 Å². The van der Waals surface area contributed by atoms with Gasteiger partial charge in [0.2, 0.25) is 11.3 Å². The lowest BCUT2D eigenvalue weighted by molar-refractivity contribution is -0.116. The quantitative estimate of drug-likeness (QED) is 0.394. The van der Waals surface area contributed by atoms with Crippen molar-refractivity contribution < 1.29 is 14.0 Å². The molecular weight excluding hydrogens is 489 g/mol. The van der Waals surface area contributed by atoms with Crippen LogP contribution >= 0.6 is 15.9 Å². The molecule has 166 valence electrons. The highest BCUT2D eigenvalue weighted by atomic mass is 79.9. The van der Waals surface area contributed by atoms with Gasteiger partial charge in [-0.2, -0.15) is 0 Å². The van der Waals surface area contributed by atoms with E-state index in [-0.39, 0.29) is 23.1 Å². The summed E-state index contributed by atoms with van der Waals surface area (Å²) in [5.74, 6) is -1.33. The van der Waals surface area contributed by atoms with Crippen LogP contribution in [0.5, 0.6) is 0 Å². The number of hydrogen-bond donors (Lipinski definition) is 1. The third-order valence-corrected chi connectivity index (χ3v) is 5.71. The molecule has 0 spiro atoms. The zero-order valence-electron chi connectivity index (χ0n) is 17.9. The molecule has 4 aromatic rings. The van der Waals surface area contributed by atoms with Gasteiger partial charge >= 0.3 is 0 Å². The SMILES string of the molecule is Cc1ccc2c(=O)c(C(=O)c3ccc(Br)cc3)cn(CC(=O)Nc3ccc(C)c(F)c3)c2n1. The van der Waals surface area contributed by atoms with Gasteiger partial charge in [-0.1, -0.05) is 22.0 Å². The predicted molar refractivity (Wildman–Crippen MR) is 128 cm³/mol. The average molecular weight is 508 g/mol. The Bertz CT molecular complexity index is 1460. The van der Waals surface area contributed by atoms with E-state index in [9.17, 15) is 18.8 Å². The van der Waals surface area contributed by atoms with Crippen LogP contribution < -0.4 is 10.7 Å². The van der Waals surface area contributed by atoms with Crippen molar-refractivity contribution in [3.05, 3.63) is 104 Å². The van der Waals surface area contributed by atoms with Crippen molar-refractivity contribution in [2.75, 3.05) is 5.32 Å². The number of amides is 1. The molecule has 6 nitrogen and oxygen atoms in total. The third kappa shape index (κ3) is 4.75. The first kappa shape index (κ1) is 22.5. The van der Waals surface area contributed by atoms with Gasteiger partial charge in [0, 0.05) is 27.6 Å². The minimum Gasteiger partial charge on any atom is -0.324 e. The molecule has 1 amide bonds. The molecule has 0 radical (unpaired) electrons. The number of nitrogens with one attached hydrogen (secondary N) is 1. The number of aromatic nitrogens is 2. The average Bonchev–Trinajstić information content (AvgIpc) is 2.78. The summed E-state index contributed by atoms with van der Waals surface area (Å²) < 4.78 is 16.1. The number of fused-ring (bicyclic) bond motifs is 1. The van der Waals surface area contributed by atoms with E-state index >= 15 is 0 Å². The number of nitrogens with zero attached hydrogens (tertiary/aromatic N) is 2. The molecular formula is C25H19BrFN3O3. The summed E-state index contributed by atoms with van der Waals surface area (Å²) in [5.41, 5.74) is 1.55. The third-order valence-electron chi connectivity index (χ3n) is 5.18. The lowest BCUT2D eigenvalue weighted by atomic mass is 10.0. The first-order valence-corrected chi connectivity index (χ1v) is 10.9. The first-order valence-electron chi connectivity index (χ1n) is 10.1. The van der Waals surface area contributed by atoms with Crippen molar-refractivity contribution in [1.29, 1.82) is 0 Å². The van der Waals surface area contributed by atoms with Gasteiger partial charge < -0.3 is 9.88 Å². The number of halogens is 2. The van der Waals surface area contributed by atoms with Gasteiger partial charge in [0.25, 0.3) is 0 Å². The fourth-order valence-electron chi connectivity index (χ4n) is 3.42. The molecule has 0 fully saturated rings. The number of hydrogen-bond acceptors (Lipinski definition) is 4. The molecule has 33 heavy (non-hydrogen) atoms. The fraction of sp³-hybridized carbons (Fsp3) is 0.120. The van der Waals surface area contributed by atoms with Crippen molar-refractivity contribution in [1.82, 2.24) is 9.55 Å². The number of carbonyl (C=O) groups is 2. The number of benzene rings is 2. The van der Waals surface area contributed by atoms with Gasteiger partial charge in [0.1, 0.15) is 18.0 Å². The second-order valence-electron chi connectivity index (χ2n) is 7.67. The number of aryl methyl sites for hydroxylation is 2. The second-order valence-corrected chi connectivity index (χ2v) is 8.59. The maximum Gasteiger partial charge on any atom is 0.244 e. The van der Waals surface area contributed by atoms with Gasteiger partial charge in [-0.25, -0.2) is 9.37 Å². The highest BCUT2D eigenvalue weighted by molar-refractivity contribution is 9.10. The maximum absolute atomic E-state index is 13.8. The van der Waals surface area contributed by atoms with Gasteiger partial charge in [-0.15, -0.1) is 0 Å². The Hall–Kier alpha value is -3.65. The molecule has 2 heterocycles. The Morgan fingerprint density at radius 2 is 1.79 bits per heavy atom. The molecule has 2 aromatic heterocycles. The molecule has 4 rings (SSSR count). The normalized spacial score (nSPS) is 10.9. The van der Waals surface area contributed by atoms with Crippen LogP contribution in [-0.2, 0) is 11.3 Å². The van der Waals surface area contributed by atoms with Gasteiger partial charge in [-0.05, 0) is 67.9 Å². The monoisotopic (exact) mass is 507 g/mol. The zero-order valence-corrected chi connectivity index (χ0v) is 19.4. The van der Waals surface area contributed by atoms with Crippen LogP contribution in [0.2, 0.25) is 0 Å². The van der Waals surface area contributed by atoms with Crippen LogP contribution in [0.25, 0.3) is 11.0 Å². The van der Waals surface area contributed by atoms with E-state index in [0.717, 1.165) is 4.47 Å². The standard InChI is InChI=1S/C25H19BrFN3O3/c1-14-3-9-18(11-21(14)27)29-22(31)13-30-12-20(23(32)16-5-7-17(26)8-6-16)24(33)19-10-4-15(2)28-25(19)30/h3-12H,13H2,1-2H3,(H,29,31). The Morgan fingerprint density at radius 1 is 1.06 bits per heavy atom. The van der Waals surface area contributed by atoms with E-state index in [1.165, 1.54) is 16.8 Å². The Labute approximate surface area is 197 Å². The molecule has 1 N–H and O–H groups in total. The molecule has 0 saturated carbocycles. The van der Waals surface area contributed by atoms with E-state index in [1.807, 2.05) is 0 Å². The maximum atomic E-state index is 13.8. The highest BCUT2D eigenvalue weighted by Gasteiger charge is 2.19. The summed E-state index contributed by atoms with van der Waals surface area (Å²) in [4.78, 5) is 43.3. The molecule has 8 heteroatoms. The first-order chi connectivity index (χ1) is 15.7. The lowest BCUT2D eigenvalue weighted by Gasteiger charge is -2.13.